The lowest BCUT2D eigenvalue weighted by Gasteiger charge is -2.45. The zero-order valence-corrected chi connectivity index (χ0v) is 22.0. The number of ether oxygens (including phenoxy) is 6. The van der Waals surface area contributed by atoms with Crippen LogP contribution < -0.4 is 0 Å². The summed E-state index contributed by atoms with van der Waals surface area (Å²) in [6.45, 7) is 5.50. The molecular weight excluding hydrogens is 504 g/mol. The first-order valence-electron chi connectivity index (χ1n) is 12.0. The first-order valence-corrected chi connectivity index (χ1v) is 12.0. The van der Waals surface area contributed by atoms with Crippen LogP contribution in [0.15, 0.2) is 30.3 Å². The summed E-state index contributed by atoms with van der Waals surface area (Å²) in [5, 5.41) is 11.1. The molecule has 2 unspecified atom stereocenters. The lowest BCUT2D eigenvalue weighted by molar-refractivity contribution is -0.258. The highest BCUT2D eigenvalue weighted by atomic mass is 16.7. The number of carbonyl (C=O) groups is 5. The van der Waals surface area contributed by atoms with E-state index in [4.69, 9.17) is 28.4 Å². The maximum Gasteiger partial charge on any atom is 0.303 e. The summed E-state index contributed by atoms with van der Waals surface area (Å²) in [4.78, 5) is 59.3. The van der Waals surface area contributed by atoms with Gasteiger partial charge in [0, 0.05) is 34.1 Å². The number of hydrogen-bond acceptors (Lipinski definition) is 12. The van der Waals surface area contributed by atoms with Gasteiger partial charge in [-0.15, -0.1) is 0 Å². The monoisotopic (exact) mass is 538 g/mol. The Morgan fingerprint density at radius 3 is 1.92 bits per heavy atom. The molecule has 2 rings (SSSR count). The summed E-state index contributed by atoms with van der Waals surface area (Å²) in [6.07, 6.45) is -7.76. The molecule has 0 radical (unpaired) electrons. The number of hydrogen-bond donors (Lipinski definition) is 1. The fourth-order valence-electron chi connectivity index (χ4n) is 3.98. The van der Waals surface area contributed by atoms with Crippen LogP contribution in [0.4, 0.5) is 0 Å². The van der Waals surface area contributed by atoms with Crippen molar-refractivity contribution in [2.75, 3.05) is 6.61 Å². The van der Waals surface area contributed by atoms with E-state index in [1.165, 1.54) is 6.92 Å². The number of carbonyl (C=O) groups excluding carboxylic acids is 5. The molecule has 0 amide bonds. The third kappa shape index (κ3) is 8.89. The summed E-state index contributed by atoms with van der Waals surface area (Å²) in [7, 11) is 0. The van der Waals surface area contributed by atoms with Gasteiger partial charge in [0.1, 0.15) is 24.4 Å². The molecule has 1 aromatic carbocycles. The van der Waals surface area contributed by atoms with E-state index in [0.717, 1.165) is 33.3 Å². The molecule has 0 aromatic heterocycles. The van der Waals surface area contributed by atoms with Gasteiger partial charge in [0.2, 0.25) is 0 Å². The highest BCUT2D eigenvalue weighted by molar-refractivity contribution is 5.69. The minimum atomic E-state index is -1.70. The van der Waals surface area contributed by atoms with E-state index < -0.39 is 72.7 Å². The highest BCUT2D eigenvalue weighted by Gasteiger charge is 2.53. The predicted molar refractivity (Wildman–Crippen MR) is 128 cm³/mol. The summed E-state index contributed by atoms with van der Waals surface area (Å²) >= 11 is 0. The standard InChI is InChI=1S/C26H34O12/c1-15(28)33-13-21-24(36-17(3)30)25(37-18(4)31)23(35-16(2)29)20(38-21)11-22(32)26(5,14-27)34-12-19-9-7-6-8-10-19/h6-10,14,20-25,32H,11-13H2,1-5H3/t20-,21+,22?,23-,24-,25+,26?/m0/s1. The molecule has 210 valence electrons. The first-order chi connectivity index (χ1) is 17.9. The molecule has 12 heteroatoms. The van der Waals surface area contributed by atoms with Gasteiger partial charge in [0.15, 0.2) is 24.6 Å². The van der Waals surface area contributed by atoms with Crippen LogP contribution in [0.1, 0.15) is 46.6 Å². The molecule has 1 saturated heterocycles. The summed E-state index contributed by atoms with van der Waals surface area (Å²) in [5.74, 6) is -2.96. The second kappa shape index (κ2) is 14.0. The highest BCUT2D eigenvalue weighted by Crippen LogP contribution is 2.33. The zero-order valence-electron chi connectivity index (χ0n) is 22.0. The van der Waals surface area contributed by atoms with Crippen LogP contribution in [0.3, 0.4) is 0 Å². The summed E-state index contributed by atoms with van der Waals surface area (Å²) in [5.41, 5.74) is -0.935. The molecule has 38 heavy (non-hydrogen) atoms. The Kier molecular flexibility index (Phi) is 11.4. The predicted octanol–water partition coefficient (Wildman–Crippen LogP) is 1.04. The molecule has 0 aliphatic carbocycles. The average molecular weight is 539 g/mol. The van der Waals surface area contributed by atoms with Gasteiger partial charge in [-0.1, -0.05) is 30.3 Å². The molecule has 1 aliphatic heterocycles. The lowest BCUT2D eigenvalue weighted by Crippen LogP contribution is -2.63. The number of benzene rings is 1. The van der Waals surface area contributed by atoms with E-state index in [0.29, 0.717) is 6.29 Å². The van der Waals surface area contributed by atoms with E-state index in [-0.39, 0.29) is 13.0 Å². The van der Waals surface area contributed by atoms with Gasteiger partial charge in [0.25, 0.3) is 0 Å². The topological polar surface area (TPSA) is 161 Å². The van der Waals surface area contributed by atoms with E-state index in [1.807, 2.05) is 6.07 Å². The van der Waals surface area contributed by atoms with Gasteiger partial charge >= 0.3 is 23.9 Å². The lowest BCUT2D eigenvalue weighted by atomic mass is 9.87. The zero-order chi connectivity index (χ0) is 28.5. The van der Waals surface area contributed by atoms with Crippen LogP contribution in [-0.2, 0) is 59.0 Å². The van der Waals surface area contributed by atoms with Crippen molar-refractivity contribution in [3.63, 3.8) is 0 Å². The normalized spacial score (nSPS) is 25.3. The molecule has 0 saturated carbocycles. The van der Waals surface area contributed by atoms with Crippen molar-refractivity contribution in [3.05, 3.63) is 35.9 Å². The second-order valence-corrected chi connectivity index (χ2v) is 9.07. The minimum Gasteiger partial charge on any atom is -0.463 e. The van der Waals surface area contributed by atoms with Gasteiger partial charge in [-0.2, -0.15) is 0 Å². The van der Waals surface area contributed by atoms with Crippen molar-refractivity contribution in [2.24, 2.45) is 0 Å². The Hall–Kier alpha value is -3.35. The first kappa shape index (κ1) is 30.9. The Morgan fingerprint density at radius 1 is 0.895 bits per heavy atom. The SMILES string of the molecule is CC(=O)OC[C@H]1O[C@@H](CC(O)C(C)(C=O)OCc2ccccc2)[C@H](OC(C)=O)[C@@H](OC(C)=O)[C@H]1OC(C)=O. The van der Waals surface area contributed by atoms with Crippen LogP contribution in [0.25, 0.3) is 0 Å². The Labute approximate surface area is 220 Å². The van der Waals surface area contributed by atoms with Crippen molar-refractivity contribution < 1.29 is 57.5 Å². The van der Waals surface area contributed by atoms with E-state index >= 15 is 0 Å². The molecule has 1 fully saturated rings. The fourth-order valence-corrected chi connectivity index (χ4v) is 3.98. The number of aldehydes is 1. The molecule has 1 N–H and O–H groups in total. The smallest absolute Gasteiger partial charge is 0.303 e. The van der Waals surface area contributed by atoms with Crippen LogP contribution in [-0.4, -0.2) is 84.1 Å². The van der Waals surface area contributed by atoms with Crippen LogP contribution in [0, 0.1) is 0 Å². The van der Waals surface area contributed by atoms with Crippen LogP contribution in [0.2, 0.25) is 0 Å². The van der Waals surface area contributed by atoms with Crippen molar-refractivity contribution in [2.45, 2.75) is 89.9 Å². The third-order valence-electron chi connectivity index (χ3n) is 5.83. The Morgan fingerprint density at radius 2 is 1.42 bits per heavy atom. The molecule has 1 aromatic rings. The molecule has 0 spiro atoms. The van der Waals surface area contributed by atoms with E-state index in [1.54, 1.807) is 24.3 Å². The summed E-state index contributed by atoms with van der Waals surface area (Å²) in [6, 6.07) is 8.99. The van der Waals surface area contributed by atoms with E-state index in [9.17, 15) is 29.1 Å². The van der Waals surface area contributed by atoms with Crippen LogP contribution >= 0.6 is 0 Å². The second-order valence-electron chi connectivity index (χ2n) is 9.07. The number of esters is 4. The fraction of sp³-hybridized carbons (Fsp3) is 0.577. The molecule has 7 atom stereocenters. The Bertz CT molecular complexity index is 980. The molecule has 1 heterocycles. The number of aliphatic hydroxyl groups excluding tert-OH is 1. The van der Waals surface area contributed by atoms with Crippen molar-refractivity contribution in [3.8, 4) is 0 Å². The van der Waals surface area contributed by atoms with Gasteiger partial charge in [-0.05, 0) is 12.5 Å². The summed E-state index contributed by atoms with van der Waals surface area (Å²) < 4.78 is 32.9. The van der Waals surface area contributed by atoms with Gasteiger partial charge in [-0.3, -0.25) is 19.2 Å². The Balaban J connectivity index is 2.38. The molecular formula is C26H34O12. The number of rotatable bonds is 12. The maximum absolute atomic E-state index is 12.0. The van der Waals surface area contributed by atoms with Crippen molar-refractivity contribution in [1.82, 2.24) is 0 Å². The minimum absolute atomic E-state index is 0.0196. The van der Waals surface area contributed by atoms with E-state index in [2.05, 4.69) is 0 Å². The molecule has 12 nitrogen and oxygen atoms in total. The molecule has 1 aliphatic rings. The number of aliphatic hydroxyl groups is 1. The van der Waals surface area contributed by atoms with Gasteiger partial charge < -0.3 is 38.3 Å². The largest absolute Gasteiger partial charge is 0.463 e. The van der Waals surface area contributed by atoms with Crippen LogP contribution in [0.5, 0.6) is 0 Å². The van der Waals surface area contributed by atoms with Gasteiger partial charge in [-0.25, -0.2) is 0 Å². The maximum atomic E-state index is 12.0. The van der Waals surface area contributed by atoms with Crippen molar-refractivity contribution >= 4 is 30.2 Å². The van der Waals surface area contributed by atoms with Gasteiger partial charge in [0.05, 0.1) is 12.7 Å². The quantitative estimate of drug-likeness (QED) is 0.229. The van der Waals surface area contributed by atoms with Crippen molar-refractivity contribution in [1.29, 1.82) is 0 Å². The third-order valence-corrected chi connectivity index (χ3v) is 5.83. The molecule has 0 bridgehead atoms. The average Bonchev–Trinajstić information content (AvgIpc) is 2.84.